The molecule has 0 saturated heterocycles. The molecule has 0 bridgehead atoms. The van der Waals surface area contributed by atoms with Crippen LogP contribution in [0.3, 0.4) is 0 Å². The van der Waals surface area contributed by atoms with Gasteiger partial charge < -0.3 is 4.74 Å². The fourth-order valence-corrected chi connectivity index (χ4v) is 5.04. The van der Waals surface area contributed by atoms with E-state index in [0.717, 1.165) is 50.7 Å². The number of rotatable bonds is 10. The largest absolute Gasteiger partial charge is 0.443 e. The predicted molar refractivity (Wildman–Crippen MR) is 147 cm³/mol. The molecule has 3 aromatic rings. The summed E-state index contributed by atoms with van der Waals surface area (Å²) in [5, 5.41) is 4.68. The minimum Gasteiger partial charge on any atom is -0.443 e. The Morgan fingerprint density at radius 2 is 1.44 bits per heavy atom. The summed E-state index contributed by atoms with van der Waals surface area (Å²) < 4.78 is 5.89. The zero-order chi connectivity index (χ0) is 24.7. The van der Waals surface area contributed by atoms with E-state index in [2.05, 4.69) is 32.0 Å². The van der Waals surface area contributed by atoms with Crippen molar-refractivity contribution in [1.82, 2.24) is 0 Å². The van der Waals surface area contributed by atoms with Crippen LogP contribution in [0.25, 0.3) is 21.5 Å². The number of halogens is 1. The van der Waals surface area contributed by atoms with Gasteiger partial charge >= 0.3 is 6.09 Å². The van der Waals surface area contributed by atoms with E-state index in [1.54, 1.807) is 0 Å². The second kappa shape index (κ2) is 11.9. The molecule has 184 valence electrons. The molecule has 0 aliphatic carbocycles. The van der Waals surface area contributed by atoms with E-state index < -0.39 is 5.60 Å². The number of aryl methyl sites for hydroxylation is 1. The van der Waals surface area contributed by atoms with Gasteiger partial charge in [-0.25, -0.2) is 4.79 Å². The molecule has 3 aromatic carbocycles. The van der Waals surface area contributed by atoms with Crippen molar-refractivity contribution in [2.75, 3.05) is 11.4 Å². The van der Waals surface area contributed by atoms with Crippen molar-refractivity contribution < 1.29 is 9.53 Å². The van der Waals surface area contributed by atoms with Crippen LogP contribution in [-0.2, 0) is 4.74 Å². The molecule has 0 saturated carbocycles. The van der Waals surface area contributed by atoms with Crippen LogP contribution in [0.15, 0.2) is 42.5 Å². The van der Waals surface area contributed by atoms with Gasteiger partial charge in [0.1, 0.15) is 5.60 Å². The van der Waals surface area contributed by atoms with Gasteiger partial charge in [0, 0.05) is 28.1 Å². The normalized spacial score (nSPS) is 11.8. The minimum absolute atomic E-state index is 0.300. The van der Waals surface area contributed by atoms with Gasteiger partial charge in [0.05, 0.1) is 10.7 Å². The molecule has 4 heteroatoms. The number of benzene rings is 3. The average molecular weight is 482 g/mol. The van der Waals surface area contributed by atoms with E-state index in [4.69, 9.17) is 16.3 Å². The second-order valence-electron chi connectivity index (χ2n) is 10.3. The number of fused-ring (bicyclic) bond motifs is 2. The summed E-state index contributed by atoms with van der Waals surface area (Å²) >= 11 is 6.91. The van der Waals surface area contributed by atoms with Gasteiger partial charge in [0.15, 0.2) is 0 Å². The zero-order valence-electron chi connectivity index (χ0n) is 21.5. The van der Waals surface area contributed by atoms with Crippen molar-refractivity contribution in [2.45, 2.75) is 91.6 Å². The number of hydrogen-bond donors (Lipinski definition) is 0. The Morgan fingerprint density at radius 1 is 0.853 bits per heavy atom. The van der Waals surface area contributed by atoms with E-state index in [-0.39, 0.29) is 6.09 Å². The molecule has 0 spiro atoms. The van der Waals surface area contributed by atoms with Crippen LogP contribution in [0.1, 0.15) is 84.6 Å². The van der Waals surface area contributed by atoms with Gasteiger partial charge in [-0.3, -0.25) is 4.90 Å². The number of carbonyl (C=O) groups is 1. The van der Waals surface area contributed by atoms with Crippen LogP contribution in [0, 0.1) is 6.92 Å². The molecule has 0 N–H and O–H groups in total. The molecule has 0 aliphatic rings. The molecule has 34 heavy (non-hydrogen) atoms. The van der Waals surface area contributed by atoms with Crippen LogP contribution in [0.5, 0.6) is 0 Å². The summed E-state index contributed by atoms with van der Waals surface area (Å²) in [5.74, 6) is 0. The predicted octanol–water partition coefficient (Wildman–Crippen LogP) is 9.84. The van der Waals surface area contributed by atoms with Crippen LogP contribution in [-0.4, -0.2) is 18.2 Å². The number of amides is 1. The van der Waals surface area contributed by atoms with Crippen LogP contribution in [0.2, 0.25) is 5.02 Å². The minimum atomic E-state index is -0.567. The molecule has 3 nitrogen and oxygen atoms in total. The van der Waals surface area contributed by atoms with Crippen LogP contribution in [0.4, 0.5) is 10.5 Å². The Kier molecular flexibility index (Phi) is 9.24. The Labute approximate surface area is 210 Å². The van der Waals surface area contributed by atoms with Crippen molar-refractivity contribution in [3.8, 4) is 0 Å². The van der Waals surface area contributed by atoms with Crippen LogP contribution < -0.4 is 4.90 Å². The molecule has 0 heterocycles. The Morgan fingerprint density at radius 3 is 2.09 bits per heavy atom. The Bertz CT molecular complexity index is 1120. The van der Waals surface area contributed by atoms with E-state index in [1.165, 1.54) is 38.5 Å². The van der Waals surface area contributed by atoms with Gasteiger partial charge in [-0.1, -0.05) is 106 Å². The summed E-state index contributed by atoms with van der Waals surface area (Å²) in [6.07, 6.45) is 9.43. The fraction of sp³-hybridized carbons (Fsp3) is 0.500. The molecular weight excluding hydrogens is 442 g/mol. The molecule has 0 aromatic heterocycles. The number of ether oxygens (including phenoxy) is 1. The lowest BCUT2D eigenvalue weighted by Crippen LogP contribution is -2.37. The smallest absolute Gasteiger partial charge is 0.414 e. The Hall–Kier alpha value is -2.26. The second-order valence-corrected chi connectivity index (χ2v) is 10.7. The van der Waals surface area contributed by atoms with Crippen molar-refractivity contribution in [3.63, 3.8) is 0 Å². The first-order valence-electron chi connectivity index (χ1n) is 12.8. The third kappa shape index (κ3) is 6.44. The maximum Gasteiger partial charge on any atom is 0.414 e. The molecule has 0 radical (unpaired) electrons. The Balaban J connectivity index is 1.98. The highest BCUT2D eigenvalue weighted by molar-refractivity contribution is 6.42. The average Bonchev–Trinajstić information content (AvgIpc) is 2.78. The van der Waals surface area contributed by atoms with Crippen LogP contribution >= 0.6 is 11.6 Å². The van der Waals surface area contributed by atoms with Gasteiger partial charge in [-0.15, -0.1) is 0 Å². The standard InChI is InChI=1S/C30H40ClNO2/c1-6-7-8-9-10-11-12-15-21-32(29(33)34-30(3,4)5)28-24-19-14-13-18-23(24)27(31)26-22(2)17-16-20-25(26)28/h13-14,16-20H,6-12,15,21H2,1-5H3. The van der Waals surface area contributed by atoms with Crippen molar-refractivity contribution >= 4 is 44.9 Å². The number of nitrogens with zero attached hydrogens (tertiary/aromatic N) is 1. The summed E-state index contributed by atoms with van der Waals surface area (Å²) in [4.78, 5) is 15.4. The maximum absolute atomic E-state index is 13.5. The van der Waals surface area contributed by atoms with Crippen molar-refractivity contribution in [3.05, 3.63) is 53.1 Å². The fourth-order valence-electron chi connectivity index (χ4n) is 4.62. The highest BCUT2D eigenvalue weighted by atomic mass is 35.5. The van der Waals surface area contributed by atoms with Crippen molar-refractivity contribution in [1.29, 1.82) is 0 Å². The SMILES string of the molecule is CCCCCCCCCCN(C(=O)OC(C)(C)C)c1c2ccccc2c(Cl)c2c(C)cccc12. The molecule has 0 aliphatic heterocycles. The summed E-state index contributed by atoms with van der Waals surface area (Å²) in [6.45, 7) is 10.7. The first-order chi connectivity index (χ1) is 16.2. The number of carbonyl (C=O) groups excluding carboxylic acids is 1. The molecule has 0 unspecified atom stereocenters. The van der Waals surface area contributed by atoms with Gasteiger partial charge in [-0.05, 0) is 39.7 Å². The first kappa shape index (κ1) is 26.3. The third-order valence-corrected chi connectivity index (χ3v) is 6.68. The van der Waals surface area contributed by atoms with Gasteiger partial charge in [0.2, 0.25) is 0 Å². The van der Waals surface area contributed by atoms with E-state index in [1.807, 2.05) is 49.9 Å². The molecule has 3 rings (SSSR count). The van der Waals surface area contributed by atoms with Gasteiger partial charge in [0.25, 0.3) is 0 Å². The highest BCUT2D eigenvalue weighted by Gasteiger charge is 2.27. The number of hydrogen-bond acceptors (Lipinski definition) is 2. The topological polar surface area (TPSA) is 29.5 Å². The molecule has 1 amide bonds. The highest BCUT2D eigenvalue weighted by Crippen LogP contribution is 2.43. The molecular formula is C30H40ClNO2. The lowest BCUT2D eigenvalue weighted by atomic mass is 9.97. The third-order valence-electron chi connectivity index (χ3n) is 6.29. The summed E-state index contributed by atoms with van der Waals surface area (Å²) in [5.41, 5.74) is 1.43. The summed E-state index contributed by atoms with van der Waals surface area (Å²) in [6, 6.07) is 14.3. The van der Waals surface area contributed by atoms with Crippen molar-refractivity contribution in [2.24, 2.45) is 0 Å². The molecule has 0 fully saturated rings. The van der Waals surface area contributed by atoms with E-state index in [9.17, 15) is 4.79 Å². The molecule has 0 atom stereocenters. The number of anilines is 1. The lowest BCUT2D eigenvalue weighted by molar-refractivity contribution is 0.0580. The van der Waals surface area contributed by atoms with E-state index >= 15 is 0 Å². The monoisotopic (exact) mass is 481 g/mol. The first-order valence-corrected chi connectivity index (χ1v) is 13.2. The lowest BCUT2D eigenvalue weighted by Gasteiger charge is -2.30. The maximum atomic E-state index is 13.5. The quantitative estimate of drug-likeness (QED) is 0.213. The van der Waals surface area contributed by atoms with E-state index in [0.29, 0.717) is 6.54 Å². The van der Waals surface area contributed by atoms with Gasteiger partial charge in [-0.2, -0.15) is 0 Å². The summed E-state index contributed by atoms with van der Waals surface area (Å²) in [7, 11) is 0. The zero-order valence-corrected chi connectivity index (χ0v) is 22.3. The number of unbranched alkanes of at least 4 members (excludes halogenated alkanes) is 7.